The monoisotopic (exact) mass is 231 g/mol. The van der Waals surface area contributed by atoms with Gasteiger partial charge in [-0.1, -0.05) is 23.9 Å². The molecule has 1 aromatic rings. The third kappa shape index (κ3) is 1.46. The molecule has 2 aliphatic rings. The van der Waals surface area contributed by atoms with Crippen molar-refractivity contribution in [3.05, 3.63) is 34.9 Å². The summed E-state index contributed by atoms with van der Waals surface area (Å²) in [5, 5.41) is 3.13. The van der Waals surface area contributed by atoms with Crippen LogP contribution in [-0.2, 0) is 9.59 Å². The van der Waals surface area contributed by atoms with Gasteiger partial charge in [0.2, 0.25) is 0 Å². The fraction of sp³-hybridized carbons (Fsp3) is 0.167. The molecule has 0 atom stereocenters. The van der Waals surface area contributed by atoms with Crippen LogP contribution < -0.4 is 5.32 Å². The lowest BCUT2D eigenvalue weighted by Crippen LogP contribution is -2.24. The van der Waals surface area contributed by atoms with E-state index in [9.17, 15) is 9.59 Å². The van der Waals surface area contributed by atoms with Crippen molar-refractivity contribution in [2.75, 3.05) is 5.32 Å². The summed E-state index contributed by atoms with van der Waals surface area (Å²) >= 11 is 1.52. The number of hydrogen-bond donors (Lipinski definition) is 1. The van der Waals surface area contributed by atoms with Crippen LogP contribution in [0.3, 0.4) is 0 Å². The number of benzene rings is 1. The summed E-state index contributed by atoms with van der Waals surface area (Å²) in [6, 6.07) is 7.80. The van der Waals surface area contributed by atoms with E-state index >= 15 is 0 Å². The normalized spacial score (nSPS) is 19.0. The fourth-order valence-electron chi connectivity index (χ4n) is 1.91. The first-order valence-electron chi connectivity index (χ1n) is 5.06. The van der Waals surface area contributed by atoms with Crippen LogP contribution >= 0.6 is 11.8 Å². The van der Waals surface area contributed by atoms with Gasteiger partial charge < -0.3 is 5.32 Å². The van der Waals surface area contributed by atoms with Crippen LogP contribution in [0.15, 0.2) is 39.8 Å². The van der Waals surface area contributed by atoms with Gasteiger partial charge in [0.05, 0.1) is 17.8 Å². The molecule has 0 fully saturated rings. The number of nitrogens with one attached hydrogen (secondary N) is 1. The molecule has 0 aromatic heterocycles. The van der Waals surface area contributed by atoms with E-state index in [-0.39, 0.29) is 18.0 Å². The molecule has 3 nitrogen and oxygen atoms in total. The molecule has 1 aromatic carbocycles. The van der Waals surface area contributed by atoms with E-state index < -0.39 is 0 Å². The second-order valence-corrected chi connectivity index (χ2v) is 4.97. The quantitative estimate of drug-likeness (QED) is 0.696. The van der Waals surface area contributed by atoms with Crippen LogP contribution in [0.5, 0.6) is 0 Å². The number of hydrogen-bond acceptors (Lipinski definition) is 4. The summed E-state index contributed by atoms with van der Waals surface area (Å²) in [5.41, 5.74) is 1.57. The predicted molar refractivity (Wildman–Crippen MR) is 62.2 cm³/mol. The molecule has 3 rings (SSSR count). The summed E-state index contributed by atoms with van der Waals surface area (Å²) in [5.74, 6) is -0.0781. The van der Waals surface area contributed by atoms with Gasteiger partial charge in [-0.2, -0.15) is 0 Å². The third-order valence-electron chi connectivity index (χ3n) is 2.65. The van der Waals surface area contributed by atoms with Crippen LogP contribution in [0.2, 0.25) is 0 Å². The van der Waals surface area contributed by atoms with Crippen LogP contribution in [0.1, 0.15) is 12.8 Å². The van der Waals surface area contributed by atoms with Crippen molar-refractivity contribution in [3.8, 4) is 0 Å². The number of Topliss-reactive ketones (excluding diaryl/α,β-unsaturated/α-hetero) is 2. The van der Waals surface area contributed by atoms with Crippen LogP contribution in [0.25, 0.3) is 0 Å². The maximum Gasteiger partial charge on any atom is 0.187 e. The first kappa shape index (κ1) is 9.66. The van der Waals surface area contributed by atoms with Crippen LogP contribution in [-0.4, -0.2) is 11.6 Å². The molecule has 1 N–H and O–H groups in total. The highest BCUT2D eigenvalue weighted by molar-refractivity contribution is 8.03. The number of ketones is 2. The molecule has 0 radical (unpaired) electrons. The molecule has 0 spiro atoms. The molecule has 0 saturated carbocycles. The van der Waals surface area contributed by atoms with Crippen LogP contribution in [0.4, 0.5) is 5.69 Å². The summed E-state index contributed by atoms with van der Waals surface area (Å²) in [4.78, 5) is 25.0. The first-order chi connectivity index (χ1) is 7.74. The van der Waals surface area contributed by atoms with E-state index in [1.165, 1.54) is 11.8 Å². The molecule has 80 valence electrons. The second-order valence-electron chi connectivity index (χ2n) is 3.84. The van der Waals surface area contributed by atoms with Crippen molar-refractivity contribution in [3.63, 3.8) is 0 Å². The van der Waals surface area contributed by atoms with Crippen molar-refractivity contribution in [2.45, 2.75) is 17.7 Å². The molecule has 0 amide bonds. The average Bonchev–Trinajstić information content (AvgIpc) is 2.27. The van der Waals surface area contributed by atoms with Gasteiger partial charge in [-0.25, -0.2) is 0 Å². The molecule has 0 bridgehead atoms. The molecule has 0 saturated heterocycles. The Bertz CT molecular complexity index is 534. The molecule has 0 unspecified atom stereocenters. The topological polar surface area (TPSA) is 46.2 Å². The van der Waals surface area contributed by atoms with Gasteiger partial charge in [-0.05, 0) is 12.1 Å². The van der Waals surface area contributed by atoms with E-state index in [0.717, 1.165) is 15.5 Å². The van der Waals surface area contributed by atoms with Crippen LogP contribution in [0, 0.1) is 0 Å². The van der Waals surface area contributed by atoms with E-state index in [4.69, 9.17) is 0 Å². The zero-order chi connectivity index (χ0) is 11.1. The summed E-state index contributed by atoms with van der Waals surface area (Å²) in [6.45, 7) is 0. The van der Waals surface area contributed by atoms with Crippen molar-refractivity contribution in [1.29, 1.82) is 0 Å². The van der Waals surface area contributed by atoms with E-state index in [1.807, 2.05) is 24.3 Å². The number of rotatable bonds is 0. The zero-order valence-corrected chi connectivity index (χ0v) is 9.26. The number of fused-ring (bicyclic) bond motifs is 1. The maximum absolute atomic E-state index is 11.7. The Balaban J connectivity index is 2.05. The summed E-state index contributed by atoms with van der Waals surface area (Å²) in [6.07, 6.45) is 0.418. The summed E-state index contributed by atoms with van der Waals surface area (Å²) in [7, 11) is 0. The molecule has 1 aliphatic carbocycles. The smallest absolute Gasteiger partial charge is 0.187 e. The van der Waals surface area contributed by atoms with Crippen molar-refractivity contribution in [2.24, 2.45) is 0 Å². The Morgan fingerprint density at radius 3 is 2.81 bits per heavy atom. The highest BCUT2D eigenvalue weighted by Gasteiger charge is 2.30. The van der Waals surface area contributed by atoms with Gasteiger partial charge in [-0.15, -0.1) is 0 Å². The van der Waals surface area contributed by atoms with Crippen molar-refractivity contribution < 1.29 is 9.59 Å². The minimum Gasteiger partial charge on any atom is -0.351 e. The Labute approximate surface area is 96.9 Å². The lowest BCUT2D eigenvalue weighted by Gasteiger charge is -2.25. The number of para-hydroxylation sites is 1. The average molecular weight is 231 g/mol. The van der Waals surface area contributed by atoms with Gasteiger partial charge in [0.15, 0.2) is 5.78 Å². The van der Waals surface area contributed by atoms with E-state index in [2.05, 4.69) is 5.32 Å². The molecule has 1 aliphatic heterocycles. The molecular formula is C12H9NO2S. The van der Waals surface area contributed by atoms with E-state index in [0.29, 0.717) is 12.1 Å². The maximum atomic E-state index is 11.7. The van der Waals surface area contributed by atoms with Crippen molar-refractivity contribution in [1.82, 2.24) is 0 Å². The number of allylic oxidation sites excluding steroid dienone is 2. The molecule has 16 heavy (non-hydrogen) atoms. The number of anilines is 1. The molecule has 1 heterocycles. The van der Waals surface area contributed by atoms with Gasteiger partial charge in [0, 0.05) is 16.2 Å². The SMILES string of the molecule is O=C1CC(=O)C2=C(C1)Sc1ccccc1N2. The zero-order valence-electron chi connectivity index (χ0n) is 8.45. The molecule has 4 heteroatoms. The standard InChI is InChI=1S/C12H9NO2S/c14-7-5-9(15)12-11(6-7)16-10-4-2-1-3-8(10)13-12/h1-4,13H,5-6H2. The summed E-state index contributed by atoms with van der Waals surface area (Å²) < 4.78 is 0. The number of thioether (sulfide) groups is 1. The lowest BCUT2D eigenvalue weighted by atomic mass is 10.0. The minimum absolute atomic E-state index is 0.0115. The van der Waals surface area contributed by atoms with Crippen molar-refractivity contribution >= 4 is 29.0 Å². The Morgan fingerprint density at radius 1 is 1.12 bits per heavy atom. The first-order valence-corrected chi connectivity index (χ1v) is 5.87. The largest absolute Gasteiger partial charge is 0.351 e. The number of carbonyl (C=O) groups excluding carboxylic acids is 2. The van der Waals surface area contributed by atoms with Gasteiger partial charge >= 0.3 is 0 Å². The predicted octanol–water partition coefficient (Wildman–Crippen LogP) is 2.35. The van der Waals surface area contributed by atoms with Gasteiger partial charge in [0.25, 0.3) is 0 Å². The highest BCUT2D eigenvalue weighted by Crippen LogP contribution is 2.43. The highest BCUT2D eigenvalue weighted by atomic mass is 32.2. The van der Waals surface area contributed by atoms with E-state index in [1.54, 1.807) is 0 Å². The Kier molecular flexibility index (Phi) is 2.11. The van der Waals surface area contributed by atoms with Gasteiger partial charge in [0.1, 0.15) is 5.78 Å². The van der Waals surface area contributed by atoms with Gasteiger partial charge in [-0.3, -0.25) is 9.59 Å². The number of carbonyl (C=O) groups is 2. The fourth-order valence-corrected chi connectivity index (χ4v) is 3.05. The molecular weight excluding hydrogens is 222 g/mol. The third-order valence-corrected chi connectivity index (χ3v) is 3.82. The Hall–Kier alpha value is -1.55. The Morgan fingerprint density at radius 2 is 1.94 bits per heavy atom. The minimum atomic E-state index is -0.0896. The lowest BCUT2D eigenvalue weighted by molar-refractivity contribution is -0.125. The second kappa shape index (κ2) is 3.49.